The summed E-state index contributed by atoms with van der Waals surface area (Å²) in [5.74, 6) is -0.261. The standard InChI is InChI=1S/C11H16FNO/c1-3-8-6-9(12)4-5-10(8)11(13)7(2)14/h4-7,11,14H,3,13H2,1-2H3. The van der Waals surface area contributed by atoms with Gasteiger partial charge in [0.05, 0.1) is 12.1 Å². The number of nitrogens with two attached hydrogens (primary N) is 1. The van der Waals surface area contributed by atoms with Gasteiger partial charge in [-0.25, -0.2) is 4.39 Å². The summed E-state index contributed by atoms with van der Waals surface area (Å²) in [6.07, 6.45) is 0.0961. The molecule has 0 aromatic heterocycles. The Bertz CT molecular complexity index is 312. The van der Waals surface area contributed by atoms with E-state index in [0.717, 1.165) is 11.1 Å². The van der Waals surface area contributed by atoms with Gasteiger partial charge in [0.25, 0.3) is 0 Å². The molecule has 78 valence electrons. The summed E-state index contributed by atoms with van der Waals surface area (Å²) in [6.45, 7) is 3.57. The molecule has 1 aromatic carbocycles. The number of rotatable bonds is 3. The van der Waals surface area contributed by atoms with Crippen LogP contribution in [0, 0.1) is 5.82 Å². The predicted molar refractivity (Wildman–Crippen MR) is 54.4 cm³/mol. The second-order valence-electron chi connectivity index (χ2n) is 3.46. The fourth-order valence-corrected chi connectivity index (χ4v) is 1.47. The van der Waals surface area contributed by atoms with Crippen LogP contribution in [0.25, 0.3) is 0 Å². The minimum absolute atomic E-state index is 0.261. The highest BCUT2D eigenvalue weighted by atomic mass is 19.1. The third kappa shape index (κ3) is 2.30. The van der Waals surface area contributed by atoms with Crippen molar-refractivity contribution >= 4 is 0 Å². The molecule has 1 rings (SSSR count). The summed E-state index contributed by atoms with van der Waals surface area (Å²) in [5, 5.41) is 9.34. The highest BCUT2D eigenvalue weighted by molar-refractivity contribution is 5.31. The maximum Gasteiger partial charge on any atom is 0.123 e. The lowest BCUT2D eigenvalue weighted by Gasteiger charge is -2.18. The second-order valence-corrected chi connectivity index (χ2v) is 3.46. The molecule has 0 aliphatic heterocycles. The zero-order valence-electron chi connectivity index (χ0n) is 8.50. The first-order valence-electron chi connectivity index (χ1n) is 4.78. The van der Waals surface area contributed by atoms with Gasteiger partial charge in [-0.2, -0.15) is 0 Å². The first-order chi connectivity index (χ1) is 6.56. The van der Waals surface area contributed by atoms with Crippen molar-refractivity contribution in [1.29, 1.82) is 0 Å². The van der Waals surface area contributed by atoms with Crippen LogP contribution >= 0.6 is 0 Å². The molecule has 3 heteroatoms. The number of aryl methyl sites for hydroxylation is 1. The molecule has 0 aliphatic rings. The zero-order valence-corrected chi connectivity index (χ0v) is 8.50. The Labute approximate surface area is 83.6 Å². The molecule has 0 bridgehead atoms. The molecule has 2 nitrogen and oxygen atoms in total. The van der Waals surface area contributed by atoms with Crippen molar-refractivity contribution in [2.45, 2.75) is 32.4 Å². The largest absolute Gasteiger partial charge is 0.391 e. The van der Waals surface area contributed by atoms with Crippen LogP contribution in [0.5, 0.6) is 0 Å². The number of benzene rings is 1. The first kappa shape index (κ1) is 11.1. The van der Waals surface area contributed by atoms with Crippen molar-refractivity contribution in [3.63, 3.8) is 0 Å². The number of aliphatic hydroxyl groups is 1. The summed E-state index contributed by atoms with van der Waals surface area (Å²) >= 11 is 0. The monoisotopic (exact) mass is 197 g/mol. The number of hydrogen-bond acceptors (Lipinski definition) is 2. The van der Waals surface area contributed by atoms with Crippen LogP contribution in [0.1, 0.15) is 31.0 Å². The number of aliphatic hydroxyl groups excluding tert-OH is 1. The van der Waals surface area contributed by atoms with E-state index in [-0.39, 0.29) is 5.82 Å². The van der Waals surface area contributed by atoms with E-state index in [9.17, 15) is 9.50 Å². The van der Waals surface area contributed by atoms with Crippen LogP contribution in [-0.4, -0.2) is 11.2 Å². The van der Waals surface area contributed by atoms with Gasteiger partial charge in [0.2, 0.25) is 0 Å². The third-order valence-electron chi connectivity index (χ3n) is 2.36. The van der Waals surface area contributed by atoms with Crippen LogP contribution < -0.4 is 5.73 Å². The lowest BCUT2D eigenvalue weighted by atomic mass is 9.96. The Morgan fingerprint density at radius 1 is 1.50 bits per heavy atom. The zero-order chi connectivity index (χ0) is 10.7. The summed E-state index contributed by atoms with van der Waals surface area (Å²) in [7, 11) is 0. The predicted octanol–water partition coefficient (Wildman–Crippen LogP) is 1.77. The molecular formula is C11H16FNO. The van der Waals surface area contributed by atoms with Crippen molar-refractivity contribution in [3.05, 3.63) is 35.1 Å². The van der Waals surface area contributed by atoms with Crippen LogP contribution in [0.2, 0.25) is 0 Å². The first-order valence-corrected chi connectivity index (χ1v) is 4.78. The van der Waals surface area contributed by atoms with Crippen molar-refractivity contribution in [3.8, 4) is 0 Å². The Kier molecular flexibility index (Phi) is 3.61. The van der Waals surface area contributed by atoms with E-state index < -0.39 is 12.1 Å². The van der Waals surface area contributed by atoms with Gasteiger partial charge in [0.15, 0.2) is 0 Å². The van der Waals surface area contributed by atoms with E-state index in [1.807, 2.05) is 6.92 Å². The average Bonchev–Trinajstić information content (AvgIpc) is 2.16. The maximum absolute atomic E-state index is 12.9. The van der Waals surface area contributed by atoms with Gasteiger partial charge in [-0.15, -0.1) is 0 Å². The van der Waals surface area contributed by atoms with Gasteiger partial charge in [-0.3, -0.25) is 0 Å². The Balaban J connectivity index is 3.07. The maximum atomic E-state index is 12.9. The molecule has 1 aromatic rings. The topological polar surface area (TPSA) is 46.2 Å². The minimum atomic E-state index is -0.620. The van der Waals surface area contributed by atoms with E-state index in [1.165, 1.54) is 12.1 Å². The number of halogens is 1. The van der Waals surface area contributed by atoms with Crippen molar-refractivity contribution in [2.75, 3.05) is 0 Å². The van der Waals surface area contributed by atoms with Crippen LogP contribution in [0.15, 0.2) is 18.2 Å². The van der Waals surface area contributed by atoms with E-state index in [4.69, 9.17) is 5.73 Å². The van der Waals surface area contributed by atoms with E-state index in [2.05, 4.69) is 0 Å². The smallest absolute Gasteiger partial charge is 0.123 e. The quantitative estimate of drug-likeness (QED) is 0.775. The fourth-order valence-electron chi connectivity index (χ4n) is 1.47. The fraction of sp³-hybridized carbons (Fsp3) is 0.455. The molecule has 3 N–H and O–H groups in total. The van der Waals surface area contributed by atoms with Crippen LogP contribution in [-0.2, 0) is 6.42 Å². The summed E-state index contributed by atoms with van der Waals surface area (Å²) in [6, 6.07) is 4.05. The lowest BCUT2D eigenvalue weighted by molar-refractivity contribution is 0.164. The van der Waals surface area contributed by atoms with Crippen LogP contribution in [0.3, 0.4) is 0 Å². The van der Waals surface area contributed by atoms with Gasteiger partial charge in [0.1, 0.15) is 5.82 Å². The van der Waals surface area contributed by atoms with Gasteiger partial charge in [0, 0.05) is 0 Å². The van der Waals surface area contributed by atoms with Crippen molar-refractivity contribution < 1.29 is 9.50 Å². The van der Waals surface area contributed by atoms with E-state index >= 15 is 0 Å². The van der Waals surface area contributed by atoms with Gasteiger partial charge in [-0.1, -0.05) is 13.0 Å². The lowest BCUT2D eigenvalue weighted by Crippen LogP contribution is -2.24. The molecule has 0 amide bonds. The van der Waals surface area contributed by atoms with Gasteiger partial charge >= 0.3 is 0 Å². The van der Waals surface area contributed by atoms with E-state index in [1.54, 1.807) is 13.0 Å². The molecule has 0 aliphatic carbocycles. The third-order valence-corrected chi connectivity index (χ3v) is 2.36. The average molecular weight is 197 g/mol. The molecule has 2 atom stereocenters. The SMILES string of the molecule is CCc1cc(F)ccc1C(N)C(C)O. The van der Waals surface area contributed by atoms with Gasteiger partial charge in [-0.05, 0) is 36.6 Å². The molecule has 0 saturated heterocycles. The normalized spacial score (nSPS) is 15.2. The molecule has 0 fully saturated rings. The molecule has 0 radical (unpaired) electrons. The molecule has 2 unspecified atom stereocenters. The second kappa shape index (κ2) is 4.53. The van der Waals surface area contributed by atoms with Crippen LogP contribution in [0.4, 0.5) is 4.39 Å². The molecule has 14 heavy (non-hydrogen) atoms. The highest BCUT2D eigenvalue weighted by Crippen LogP contribution is 2.20. The van der Waals surface area contributed by atoms with Crippen molar-refractivity contribution in [1.82, 2.24) is 0 Å². The molecule has 0 heterocycles. The summed E-state index contributed by atoms with van der Waals surface area (Å²) < 4.78 is 12.9. The number of hydrogen-bond donors (Lipinski definition) is 2. The molecule has 0 saturated carbocycles. The van der Waals surface area contributed by atoms with Gasteiger partial charge < -0.3 is 10.8 Å². The Morgan fingerprint density at radius 2 is 2.14 bits per heavy atom. The Morgan fingerprint density at radius 3 is 2.64 bits per heavy atom. The van der Waals surface area contributed by atoms with Crippen molar-refractivity contribution in [2.24, 2.45) is 5.73 Å². The summed E-state index contributed by atoms with van der Waals surface area (Å²) in [4.78, 5) is 0. The molecular weight excluding hydrogens is 181 g/mol. The van der Waals surface area contributed by atoms with E-state index in [0.29, 0.717) is 6.42 Å². The summed E-state index contributed by atoms with van der Waals surface area (Å²) in [5.41, 5.74) is 7.47. The Hall–Kier alpha value is -0.930. The minimum Gasteiger partial charge on any atom is -0.391 e. The molecule has 0 spiro atoms. The highest BCUT2D eigenvalue weighted by Gasteiger charge is 2.15.